The maximum atomic E-state index is 10.4. The molecule has 0 aromatic rings. The molecule has 0 spiro atoms. The molecule has 28 heavy (non-hydrogen) atoms. The lowest BCUT2D eigenvalue weighted by Crippen LogP contribution is -2.25. The number of aliphatic hydroxyl groups is 3. The Hall–Kier alpha value is -1.73. The number of hydrogen-bond donors (Lipinski definition) is 4. The molecule has 1 heterocycles. The molecule has 0 aliphatic carbocycles. The van der Waals surface area contributed by atoms with Gasteiger partial charge in [0, 0.05) is 12.8 Å². The summed E-state index contributed by atoms with van der Waals surface area (Å²) in [5.41, 5.74) is 0. The van der Waals surface area contributed by atoms with Crippen LogP contribution in [0.5, 0.6) is 0 Å². The van der Waals surface area contributed by atoms with Crippen LogP contribution >= 0.6 is 0 Å². The summed E-state index contributed by atoms with van der Waals surface area (Å²) in [5, 5.41) is 38.9. The summed E-state index contributed by atoms with van der Waals surface area (Å²) < 4.78 is 5.70. The first kappa shape index (κ1) is 24.3. The van der Waals surface area contributed by atoms with Crippen LogP contribution in [0.4, 0.5) is 0 Å². The van der Waals surface area contributed by atoms with Gasteiger partial charge in [0.25, 0.3) is 0 Å². The van der Waals surface area contributed by atoms with Crippen molar-refractivity contribution < 1.29 is 30.0 Å². The van der Waals surface area contributed by atoms with Crippen molar-refractivity contribution in [2.24, 2.45) is 0 Å². The summed E-state index contributed by atoms with van der Waals surface area (Å²) >= 11 is 0. The van der Waals surface area contributed by atoms with E-state index in [9.17, 15) is 20.1 Å². The van der Waals surface area contributed by atoms with Crippen molar-refractivity contribution in [3.63, 3.8) is 0 Å². The lowest BCUT2D eigenvalue weighted by atomic mass is 10.0. The van der Waals surface area contributed by atoms with E-state index in [2.05, 4.69) is 19.1 Å². The van der Waals surface area contributed by atoms with Gasteiger partial charge in [-0.1, -0.05) is 55.5 Å². The first-order valence-corrected chi connectivity index (χ1v) is 9.98. The van der Waals surface area contributed by atoms with Crippen molar-refractivity contribution in [2.45, 2.75) is 82.4 Å². The standard InChI is InChI=1S/C22H34O6/c1-2-3-4-5-6-8-11-17(23)14-15-20-19(25)16-21(28-20)18(24)12-9-7-10-13-22(26)27/h3-4,6-9,14-15,17-21,23-25H,2,5,10-13,16H2,1H3,(H,26,27)/b4-3-,8-6-,9-7-,15-14+/t17-,18-,19+,20+,21-/m0/s1. The van der Waals surface area contributed by atoms with Crippen LogP contribution in [0.1, 0.15) is 51.9 Å². The molecule has 5 atom stereocenters. The van der Waals surface area contributed by atoms with Gasteiger partial charge >= 0.3 is 5.97 Å². The van der Waals surface area contributed by atoms with Gasteiger partial charge in [0.2, 0.25) is 0 Å². The molecule has 0 unspecified atom stereocenters. The Morgan fingerprint density at radius 2 is 1.82 bits per heavy atom. The second-order valence-electron chi connectivity index (χ2n) is 6.92. The van der Waals surface area contributed by atoms with Gasteiger partial charge in [-0.15, -0.1) is 0 Å². The van der Waals surface area contributed by atoms with Crippen molar-refractivity contribution in [1.82, 2.24) is 0 Å². The van der Waals surface area contributed by atoms with Crippen LogP contribution in [0.3, 0.4) is 0 Å². The number of allylic oxidation sites excluding steroid dienone is 4. The molecule has 0 bridgehead atoms. The summed E-state index contributed by atoms with van der Waals surface area (Å²) in [6.45, 7) is 2.08. The predicted molar refractivity (Wildman–Crippen MR) is 109 cm³/mol. The minimum atomic E-state index is -0.854. The minimum Gasteiger partial charge on any atom is -0.481 e. The van der Waals surface area contributed by atoms with Crippen LogP contribution in [0.2, 0.25) is 0 Å². The molecule has 0 saturated carbocycles. The number of carboxylic acid groups (broad SMARTS) is 1. The van der Waals surface area contributed by atoms with Crippen LogP contribution in [-0.2, 0) is 9.53 Å². The number of hydrogen-bond acceptors (Lipinski definition) is 5. The molecule has 0 amide bonds. The van der Waals surface area contributed by atoms with Crippen LogP contribution < -0.4 is 0 Å². The molecule has 1 aliphatic rings. The molecular formula is C22H34O6. The molecule has 0 aromatic heterocycles. The Kier molecular flexibility index (Phi) is 12.4. The van der Waals surface area contributed by atoms with E-state index in [-0.39, 0.29) is 6.42 Å². The highest BCUT2D eigenvalue weighted by Gasteiger charge is 2.35. The van der Waals surface area contributed by atoms with Gasteiger partial charge in [-0.25, -0.2) is 0 Å². The fourth-order valence-electron chi connectivity index (χ4n) is 2.84. The predicted octanol–water partition coefficient (Wildman–Crippen LogP) is 2.90. The maximum absolute atomic E-state index is 10.4. The number of rotatable bonds is 13. The molecule has 0 radical (unpaired) electrons. The summed E-state index contributed by atoms with van der Waals surface area (Å²) in [7, 11) is 0. The lowest BCUT2D eigenvalue weighted by molar-refractivity contribution is -0.136. The fourth-order valence-corrected chi connectivity index (χ4v) is 2.84. The van der Waals surface area contributed by atoms with E-state index in [1.165, 1.54) is 0 Å². The summed E-state index contributed by atoms with van der Waals surface area (Å²) in [6, 6.07) is 0. The Labute approximate surface area is 167 Å². The second kappa shape index (κ2) is 14.3. The molecule has 1 saturated heterocycles. The third-order valence-corrected chi connectivity index (χ3v) is 4.42. The quantitative estimate of drug-likeness (QED) is 0.358. The Morgan fingerprint density at radius 3 is 2.54 bits per heavy atom. The topological polar surface area (TPSA) is 107 Å². The normalized spacial score (nSPS) is 25.5. The number of carboxylic acids is 1. The second-order valence-corrected chi connectivity index (χ2v) is 6.92. The smallest absolute Gasteiger partial charge is 0.303 e. The third kappa shape index (κ3) is 10.6. The Morgan fingerprint density at radius 1 is 1.11 bits per heavy atom. The van der Waals surface area contributed by atoms with E-state index in [4.69, 9.17) is 9.84 Å². The summed E-state index contributed by atoms with van der Waals surface area (Å²) in [5.74, 6) is -0.854. The van der Waals surface area contributed by atoms with Crippen LogP contribution in [0, 0.1) is 0 Å². The van der Waals surface area contributed by atoms with Gasteiger partial charge in [-0.2, -0.15) is 0 Å². The Bertz CT molecular complexity index is 551. The average molecular weight is 395 g/mol. The van der Waals surface area contributed by atoms with Crippen molar-refractivity contribution in [1.29, 1.82) is 0 Å². The van der Waals surface area contributed by atoms with E-state index in [0.717, 1.165) is 12.8 Å². The van der Waals surface area contributed by atoms with Crippen LogP contribution in [0.15, 0.2) is 48.6 Å². The molecular weight excluding hydrogens is 360 g/mol. The molecule has 1 rings (SSSR count). The first-order chi connectivity index (χ1) is 13.4. The number of aliphatic hydroxyl groups excluding tert-OH is 3. The van der Waals surface area contributed by atoms with Gasteiger partial charge in [0.1, 0.15) is 6.10 Å². The van der Waals surface area contributed by atoms with Gasteiger partial charge in [-0.3, -0.25) is 4.79 Å². The van der Waals surface area contributed by atoms with Gasteiger partial charge < -0.3 is 25.2 Å². The van der Waals surface area contributed by atoms with Gasteiger partial charge in [0.05, 0.1) is 24.4 Å². The van der Waals surface area contributed by atoms with Crippen molar-refractivity contribution in [3.05, 3.63) is 48.6 Å². The highest BCUT2D eigenvalue weighted by atomic mass is 16.5. The van der Waals surface area contributed by atoms with E-state index < -0.39 is 36.5 Å². The SMILES string of the molecule is CC/C=C\C/C=C\C[C@H](O)/C=C/[C@H]1O[C@H]([C@@H](O)C/C=C\CCC(=O)O)C[C@H]1O. The molecule has 1 fully saturated rings. The lowest BCUT2D eigenvalue weighted by Gasteiger charge is -2.16. The van der Waals surface area contributed by atoms with Crippen LogP contribution in [-0.4, -0.2) is 56.9 Å². The highest BCUT2D eigenvalue weighted by molar-refractivity contribution is 5.66. The number of carbonyl (C=O) groups is 1. The van der Waals surface area contributed by atoms with E-state index >= 15 is 0 Å². The molecule has 1 aliphatic heterocycles. The maximum Gasteiger partial charge on any atom is 0.303 e. The van der Waals surface area contributed by atoms with Crippen molar-refractivity contribution >= 4 is 5.97 Å². The Balaban J connectivity index is 2.34. The van der Waals surface area contributed by atoms with Crippen molar-refractivity contribution in [3.8, 4) is 0 Å². The largest absolute Gasteiger partial charge is 0.481 e. The molecule has 6 heteroatoms. The molecule has 4 N–H and O–H groups in total. The number of aliphatic carboxylic acids is 1. The minimum absolute atomic E-state index is 0.0606. The fraction of sp³-hybridized carbons (Fsp3) is 0.591. The zero-order chi connectivity index (χ0) is 20.8. The highest BCUT2D eigenvalue weighted by Crippen LogP contribution is 2.25. The van der Waals surface area contributed by atoms with E-state index in [0.29, 0.717) is 25.7 Å². The zero-order valence-corrected chi connectivity index (χ0v) is 16.6. The third-order valence-electron chi connectivity index (χ3n) is 4.42. The van der Waals surface area contributed by atoms with Gasteiger partial charge in [0.15, 0.2) is 0 Å². The van der Waals surface area contributed by atoms with Crippen molar-refractivity contribution in [2.75, 3.05) is 0 Å². The van der Waals surface area contributed by atoms with E-state index in [1.807, 2.05) is 12.2 Å². The molecule has 158 valence electrons. The van der Waals surface area contributed by atoms with Crippen LogP contribution in [0.25, 0.3) is 0 Å². The molecule has 0 aromatic carbocycles. The summed E-state index contributed by atoms with van der Waals surface area (Å²) in [4.78, 5) is 10.4. The number of ether oxygens (including phenoxy) is 1. The first-order valence-electron chi connectivity index (χ1n) is 9.98. The monoisotopic (exact) mass is 394 g/mol. The van der Waals surface area contributed by atoms with Gasteiger partial charge in [-0.05, 0) is 32.1 Å². The zero-order valence-electron chi connectivity index (χ0n) is 16.6. The summed E-state index contributed by atoms with van der Waals surface area (Å²) in [6.07, 6.45) is 15.1. The molecule has 6 nitrogen and oxygen atoms in total. The average Bonchev–Trinajstić information content (AvgIpc) is 3.03. The van der Waals surface area contributed by atoms with E-state index in [1.54, 1.807) is 24.3 Å².